The topological polar surface area (TPSA) is 111 Å². The second kappa shape index (κ2) is 10.9. The van der Waals surface area contributed by atoms with Gasteiger partial charge in [-0.05, 0) is 48.6 Å². The van der Waals surface area contributed by atoms with Crippen LogP contribution in [0.2, 0.25) is 10.0 Å². The summed E-state index contributed by atoms with van der Waals surface area (Å²) in [4.78, 5) is 42.0. The first-order valence-corrected chi connectivity index (χ1v) is 13.0. The van der Waals surface area contributed by atoms with E-state index in [0.29, 0.717) is 39.4 Å². The quantitative estimate of drug-likeness (QED) is 0.309. The number of aromatic amines is 1. The van der Waals surface area contributed by atoms with Crippen LogP contribution in [0.5, 0.6) is 0 Å². The standard InChI is InChI=1S/C27H27Cl2F2N3O4/c1-3-13(2)23(33-22(35)11-16-19(30)5-4-6-20(16)31)25(36)34-27(26(37)38)8-7-21-17(12-27)15-9-14(28)10-18(29)24(15)32-21/h4-6,9-10,13,23,32H,3,7-8,11-12H2,1-2H3,(H,33,35)(H,34,36)(H,37,38). The lowest BCUT2D eigenvalue weighted by atomic mass is 9.79. The molecule has 3 atom stereocenters. The van der Waals surface area contributed by atoms with Crippen molar-refractivity contribution in [3.05, 3.63) is 68.8 Å². The van der Waals surface area contributed by atoms with Crippen molar-refractivity contribution in [1.82, 2.24) is 15.6 Å². The van der Waals surface area contributed by atoms with Gasteiger partial charge in [-0.3, -0.25) is 9.59 Å². The highest BCUT2D eigenvalue weighted by molar-refractivity contribution is 6.38. The van der Waals surface area contributed by atoms with Gasteiger partial charge in [0, 0.05) is 28.1 Å². The van der Waals surface area contributed by atoms with Crippen molar-refractivity contribution in [3.8, 4) is 0 Å². The smallest absolute Gasteiger partial charge is 0.329 e. The van der Waals surface area contributed by atoms with E-state index < -0.39 is 53.0 Å². The molecule has 4 N–H and O–H groups in total. The van der Waals surface area contributed by atoms with Crippen LogP contribution >= 0.6 is 23.2 Å². The molecular formula is C27H27Cl2F2N3O4. The minimum Gasteiger partial charge on any atom is -0.479 e. The number of H-pyrrole nitrogens is 1. The molecule has 4 rings (SSSR count). The number of aryl methyl sites for hydroxylation is 1. The number of rotatable bonds is 8. The Kier molecular flexibility index (Phi) is 7.99. The van der Waals surface area contributed by atoms with Gasteiger partial charge < -0.3 is 20.7 Å². The molecule has 0 radical (unpaired) electrons. The summed E-state index contributed by atoms with van der Waals surface area (Å²) >= 11 is 12.5. The number of carbonyl (C=O) groups is 3. The Morgan fingerprint density at radius 2 is 1.87 bits per heavy atom. The largest absolute Gasteiger partial charge is 0.479 e. The predicted molar refractivity (Wildman–Crippen MR) is 140 cm³/mol. The summed E-state index contributed by atoms with van der Waals surface area (Å²) in [7, 11) is 0. The fraction of sp³-hybridized carbons (Fsp3) is 0.370. The summed E-state index contributed by atoms with van der Waals surface area (Å²) in [6.07, 6.45) is 0.277. The number of benzene rings is 2. The van der Waals surface area contributed by atoms with Gasteiger partial charge in [-0.2, -0.15) is 0 Å². The van der Waals surface area contributed by atoms with E-state index in [0.717, 1.165) is 17.8 Å². The maximum absolute atomic E-state index is 14.1. The average molecular weight is 566 g/mol. The second-order valence-corrected chi connectivity index (χ2v) is 10.6. The Balaban J connectivity index is 1.59. The van der Waals surface area contributed by atoms with Crippen LogP contribution in [0, 0.1) is 17.6 Å². The highest BCUT2D eigenvalue weighted by atomic mass is 35.5. The highest BCUT2D eigenvalue weighted by Gasteiger charge is 2.45. The third-order valence-corrected chi connectivity index (χ3v) is 7.80. The molecule has 0 spiro atoms. The third-order valence-electron chi connectivity index (χ3n) is 7.28. The number of carbonyl (C=O) groups excluding carboxylic acids is 2. The molecule has 0 fully saturated rings. The first kappa shape index (κ1) is 27.9. The maximum Gasteiger partial charge on any atom is 0.329 e. The number of hydrogen-bond acceptors (Lipinski definition) is 3. The summed E-state index contributed by atoms with van der Waals surface area (Å²) in [5, 5.41) is 17.0. The van der Waals surface area contributed by atoms with E-state index in [9.17, 15) is 28.3 Å². The number of halogens is 4. The lowest BCUT2D eigenvalue weighted by Crippen LogP contribution is -2.62. The van der Waals surface area contributed by atoms with Gasteiger partial charge in [0.1, 0.15) is 23.2 Å². The Morgan fingerprint density at radius 1 is 1.18 bits per heavy atom. The summed E-state index contributed by atoms with van der Waals surface area (Å²) in [5.74, 6) is -4.80. The number of carboxylic acids is 1. The molecule has 11 heteroatoms. The Morgan fingerprint density at radius 3 is 2.50 bits per heavy atom. The third kappa shape index (κ3) is 5.35. The number of amides is 2. The minimum absolute atomic E-state index is 0.0261. The lowest BCUT2D eigenvalue weighted by Gasteiger charge is -2.36. The van der Waals surface area contributed by atoms with E-state index >= 15 is 0 Å². The van der Waals surface area contributed by atoms with Crippen molar-refractivity contribution < 1.29 is 28.3 Å². The van der Waals surface area contributed by atoms with E-state index in [4.69, 9.17) is 23.2 Å². The number of aromatic nitrogens is 1. The SMILES string of the molecule is CCC(C)C(NC(=O)Cc1c(F)cccc1F)C(=O)NC1(C(=O)O)CCc2[nH]c3c(Cl)cc(Cl)cc3c2C1. The molecule has 2 aromatic carbocycles. The second-order valence-electron chi connectivity index (χ2n) is 9.75. The van der Waals surface area contributed by atoms with Crippen LogP contribution in [0.15, 0.2) is 30.3 Å². The molecule has 1 aliphatic carbocycles. The van der Waals surface area contributed by atoms with Gasteiger partial charge >= 0.3 is 5.97 Å². The molecule has 0 saturated heterocycles. The van der Waals surface area contributed by atoms with Gasteiger partial charge in [0.2, 0.25) is 11.8 Å². The summed E-state index contributed by atoms with van der Waals surface area (Å²) in [5.41, 5.74) is 0.0826. The van der Waals surface area contributed by atoms with E-state index in [1.54, 1.807) is 19.1 Å². The first-order chi connectivity index (χ1) is 18.0. The Labute approximate surface area is 227 Å². The molecule has 0 bridgehead atoms. The van der Waals surface area contributed by atoms with Crippen LogP contribution in [0.1, 0.15) is 43.5 Å². The average Bonchev–Trinajstić information content (AvgIpc) is 3.22. The van der Waals surface area contributed by atoms with Crippen molar-refractivity contribution in [3.63, 3.8) is 0 Å². The summed E-state index contributed by atoms with van der Waals surface area (Å²) in [6.45, 7) is 3.54. The molecule has 3 unspecified atom stereocenters. The fourth-order valence-corrected chi connectivity index (χ4v) is 5.46. The molecule has 0 aliphatic heterocycles. The Bertz CT molecular complexity index is 1410. The summed E-state index contributed by atoms with van der Waals surface area (Å²) < 4.78 is 28.1. The van der Waals surface area contributed by atoms with Crippen molar-refractivity contribution in [2.45, 2.75) is 57.5 Å². The van der Waals surface area contributed by atoms with Crippen LogP contribution in [0.3, 0.4) is 0 Å². The van der Waals surface area contributed by atoms with Crippen molar-refractivity contribution in [1.29, 1.82) is 0 Å². The van der Waals surface area contributed by atoms with Gasteiger partial charge in [0.15, 0.2) is 0 Å². The molecule has 7 nitrogen and oxygen atoms in total. The van der Waals surface area contributed by atoms with Crippen molar-refractivity contribution in [2.24, 2.45) is 5.92 Å². The molecule has 3 aromatic rings. The highest BCUT2D eigenvalue weighted by Crippen LogP contribution is 2.38. The van der Waals surface area contributed by atoms with E-state index in [2.05, 4.69) is 15.6 Å². The molecule has 38 heavy (non-hydrogen) atoms. The van der Waals surface area contributed by atoms with Gasteiger partial charge in [-0.1, -0.05) is 49.5 Å². The predicted octanol–water partition coefficient (Wildman–Crippen LogP) is 4.95. The molecule has 1 heterocycles. The van der Waals surface area contributed by atoms with E-state index in [1.807, 2.05) is 6.92 Å². The van der Waals surface area contributed by atoms with Crippen LogP contribution in [-0.4, -0.2) is 39.5 Å². The maximum atomic E-state index is 14.1. The van der Waals surface area contributed by atoms with E-state index in [1.165, 1.54) is 6.07 Å². The molecule has 0 saturated carbocycles. The molecule has 2 amide bonds. The zero-order valence-electron chi connectivity index (χ0n) is 20.8. The minimum atomic E-state index is -1.65. The number of carboxylic acid groups (broad SMARTS) is 1. The normalized spacial score (nSPS) is 18.5. The molecular weight excluding hydrogens is 539 g/mol. The van der Waals surface area contributed by atoms with E-state index in [-0.39, 0.29) is 18.8 Å². The number of aliphatic carboxylic acids is 1. The van der Waals surface area contributed by atoms with Crippen LogP contribution in [-0.2, 0) is 33.6 Å². The van der Waals surface area contributed by atoms with Gasteiger partial charge in [-0.25, -0.2) is 13.6 Å². The first-order valence-electron chi connectivity index (χ1n) is 12.2. The monoisotopic (exact) mass is 565 g/mol. The van der Waals surface area contributed by atoms with Crippen LogP contribution in [0.4, 0.5) is 8.78 Å². The lowest BCUT2D eigenvalue weighted by molar-refractivity contribution is -0.149. The van der Waals surface area contributed by atoms with Crippen molar-refractivity contribution in [2.75, 3.05) is 0 Å². The van der Waals surface area contributed by atoms with Gasteiger partial charge in [0.25, 0.3) is 0 Å². The van der Waals surface area contributed by atoms with Gasteiger partial charge in [-0.15, -0.1) is 0 Å². The fourth-order valence-electron chi connectivity index (χ4n) is 4.92. The Hall–Kier alpha value is -3.17. The zero-order valence-corrected chi connectivity index (χ0v) is 22.3. The molecule has 1 aromatic heterocycles. The van der Waals surface area contributed by atoms with Crippen LogP contribution < -0.4 is 10.6 Å². The summed E-state index contributed by atoms with van der Waals surface area (Å²) in [6, 6.07) is 5.45. The number of fused-ring (bicyclic) bond motifs is 3. The zero-order chi connectivity index (χ0) is 27.8. The number of hydrogen-bond donors (Lipinski definition) is 4. The number of nitrogens with one attached hydrogen (secondary N) is 3. The van der Waals surface area contributed by atoms with Gasteiger partial charge in [0.05, 0.1) is 17.0 Å². The molecule has 1 aliphatic rings. The van der Waals surface area contributed by atoms with Crippen LogP contribution in [0.25, 0.3) is 10.9 Å². The molecule has 202 valence electrons. The van der Waals surface area contributed by atoms with Crippen molar-refractivity contribution >= 4 is 51.9 Å².